The zero-order chi connectivity index (χ0) is 23.8. The highest BCUT2D eigenvalue weighted by Gasteiger charge is 2.31. The Kier molecular flexibility index (Phi) is 5.75. The molecule has 1 amide bonds. The number of carbonyl (C=O) groups excluding carboxylic acids is 1. The zero-order valence-electron chi connectivity index (χ0n) is 17.8. The van der Waals surface area contributed by atoms with Crippen molar-refractivity contribution in [3.63, 3.8) is 0 Å². The minimum absolute atomic E-state index is 0.0136. The van der Waals surface area contributed by atoms with Gasteiger partial charge in [-0.05, 0) is 55.8 Å². The van der Waals surface area contributed by atoms with Gasteiger partial charge in [0.05, 0.1) is 29.9 Å². The molecule has 0 bridgehead atoms. The Morgan fingerprint density at radius 3 is 2.52 bits per heavy atom. The molecule has 4 aromatic rings. The van der Waals surface area contributed by atoms with Crippen molar-refractivity contribution in [3.05, 3.63) is 82.8 Å². The van der Waals surface area contributed by atoms with Gasteiger partial charge in [0.25, 0.3) is 5.91 Å². The molecule has 33 heavy (non-hydrogen) atoms. The van der Waals surface area contributed by atoms with Crippen LogP contribution in [0.15, 0.2) is 53.4 Å². The topological polar surface area (TPSA) is 98.1 Å². The van der Waals surface area contributed by atoms with Gasteiger partial charge in [0.15, 0.2) is 6.39 Å². The summed E-state index contributed by atoms with van der Waals surface area (Å²) in [6, 6.07) is 9.10. The van der Waals surface area contributed by atoms with E-state index in [2.05, 4.69) is 15.0 Å². The Morgan fingerprint density at radius 1 is 1.09 bits per heavy atom. The highest BCUT2D eigenvalue weighted by atomic mass is 19.4. The number of hydrogen-bond acceptors (Lipinski definition) is 6. The van der Waals surface area contributed by atoms with Crippen LogP contribution in [0.1, 0.15) is 38.6 Å². The standard InChI is InChI=1S/C23H20F3N5O2/c1-13-7-16-8-15(3-6-19(16)30-21(13)27)22(32)31(11-20-14(2)33-12-29-20)10-18-5-4-17(9-28-18)23(24,25)26/h3-9,12H,10-11H2,1-2H3,(H2,27,30). The van der Waals surface area contributed by atoms with Crippen molar-refractivity contribution in [3.8, 4) is 0 Å². The van der Waals surface area contributed by atoms with Gasteiger partial charge in [-0.1, -0.05) is 0 Å². The third-order valence-corrected chi connectivity index (χ3v) is 5.27. The van der Waals surface area contributed by atoms with E-state index in [4.69, 9.17) is 10.2 Å². The Balaban J connectivity index is 1.66. The monoisotopic (exact) mass is 455 g/mol. The number of oxazole rings is 1. The minimum Gasteiger partial charge on any atom is -0.448 e. The fraction of sp³-hybridized carbons (Fsp3) is 0.217. The van der Waals surface area contributed by atoms with E-state index in [1.165, 1.54) is 17.4 Å². The fourth-order valence-corrected chi connectivity index (χ4v) is 3.35. The highest BCUT2D eigenvalue weighted by molar-refractivity contribution is 5.98. The molecule has 0 aliphatic rings. The number of amides is 1. The summed E-state index contributed by atoms with van der Waals surface area (Å²) in [6.45, 7) is 3.63. The number of rotatable bonds is 5. The molecule has 2 N–H and O–H groups in total. The van der Waals surface area contributed by atoms with Gasteiger partial charge in [-0.3, -0.25) is 9.78 Å². The lowest BCUT2D eigenvalue weighted by atomic mass is 10.1. The molecule has 0 atom stereocenters. The number of fused-ring (bicyclic) bond motifs is 1. The minimum atomic E-state index is -4.49. The van der Waals surface area contributed by atoms with Gasteiger partial charge in [-0.2, -0.15) is 13.2 Å². The first-order valence-electron chi connectivity index (χ1n) is 9.99. The average Bonchev–Trinajstić information content (AvgIpc) is 3.17. The first kappa shape index (κ1) is 22.3. The average molecular weight is 455 g/mol. The Hall–Kier alpha value is -3.95. The SMILES string of the molecule is Cc1cc2cc(C(=O)N(Cc3ccc(C(F)(F)F)cn3)Cc3ncoc3C)ccc2nc1N. The molecule has 0 radical (unpaired) electrons. The lowest BCUT2D eigenvalue weighted by Gasteiger charge is -2.22. The smallest absolute Gasteiger partial charge is 0.417 e. The van der Waals surface area contributed by atoms with Gasteiger partial charge in [0, 0.05) is 17.1 Å². The second-order valence-corrected chi connectivity index (χ2v) is 7.65. The summed E-state index contributed by atoms with van der Waals surface area (Å²) >= 11 is 0. The van der Waals surface area contributed by atoms with Gasteiger partial charge in [0.1, 0.15) is 17.3 Å². The van der Waals surface area contributed by atoms with Crippen molar-refractivity contribution >= 4 is 22.6 Å². The number of nitrogens with two attached hydrogens (primary N) is 1. The number of carbonyl (C=O) groups is 1. The third kappa shape index (κ3) is 4.79. The summed E-state index contributed by atoms with van der Waals surface area (Å²) in [5, 5.41) is 0.748. The van der Waals surface area contributed by atoms with Crippen LogP contribution in [0.3, 0.4) is 0 Å². The molecule has 0 aliphatic heterocycles. The summed E-state index contributed by atoms with van der Waals surface area (Å²) in [5.41, 5.74) is 7.69. The van der Waals surface area contributed by atoms with Gasteiger partial charge >= 0.3 is 6.18 Å². The van der Waals surface area contributed by atoms with Crippen molar-refractivity contribution < 1.29 is 22.4 Å². The predicted octanol–water partition coefficient (Wildman–Crippen LogP) is 4.68. The maximum atomic E-state index is 13.4. The van der Waals surface area contributed by atoms with Gasteiger partial charge in [-0.25, -0.2) is 9.97 Å². The van der Waals surface area contributed by atoms with E-state index in [0.29, 0.717) is 34.0 Å². The van der Waals surface area contributed by atoms with Crippen LogP contribution in [-0.4, -0.2) is 25.8 Å². The van der Waals surface area contributed by atoms with Gasteiger partial charge in [-0.15, -0.1) is 0 Å². The first-order chi connectivity index (χ1) is 15.6. The van der Waals surface area contributed by atoms with Crippen LogP contribution in [-0.2, 0) is 19.3 Å². The molecule has 0 saturated carbocycles. The number of alkyl halides is 3. The summed E-state index contributed by atoms with van der Waals surface area (Å²) in [4.78, 5) is 27.2. The molecule has 0 unspecified atom stereocenters. The van der Waals surface area contributed by atoms with Crippen molar-refractivity contribution in [1.29, 1.82) is 0 Å². The normalized spacial score (nSPS) is 11.7. The molecule has 0 spiro atoms. The number of aromatic nitrogens is 3. The maximum absolute atomic E-state index is 13.4. The number of hydrogen-bond donors (Lipinski definition) is 1. The Labute approximate surface area is 187 Å². The molecule has 0 aliphatic carbocycles. The van der Waals surface area contributed by atoms with Crippen LogP contribution < -0.4 is 5.73 Å². The predicted molar refractivity (Wildman–Crippen MR) is 115 cm³/mol. The molecule has 1 aromatic carbocycles. The largest absolute Gasteiger partial charge is 0.448 e. The van der Waals surface area contributed by atoms with Crippen molar-refractivity contribution in [2.45, 2.75) is 33.1 Å². The van der Waals surface area contributed by atoms with E-state index in [-0.39, 0.29) is 19.0 Å². The molecule has 3 heterocycles. The molecule has 0 fully saturated rings. The number of nitrogens with zero attached hydrogens (tertiary/aromatic N) is 4. The number of aryl methyl sites for hydroxylation is 2. The van der Waals surface area contributed by atoms with E-state index >= 15 is 0 Å². The molecule has 3 aromatic heterocycles. The van der Waals surface area contributed by atoms with Crippen LogP contribution in [0.4, 0.5) is 19.0 Å². The van der Waals surface area contributed by atoms with E-state index in [9.17, 15) is 18.0 Å². The van der Waals surface area contributed by atoms with Gasteiger partial charge in [0.2, 0.25) is 0 Å². The van der Waals surface area contributed by atoms with Crippen LogP contribution in [0.2, 0.25) is 0 Å². The maximum Gasteiger partial charge on any atom is 0.417 e. The fourth-order valence-electron chi connectivity index (χ4n) is 3.35. The van der Waals surface area contributed by atoms with Crippen molar-refractivity contribution in [1.82, 2.24) is 19.9 Å². The van der Waals surface area contributed by atoms with E-state index in [1.807, 2.05) is 13.0 Å². The molecule has 4 rings (SSSR count). The quantitative estimate of drug-likeness (QED) is 0.469. The molecule has 170 valence electrons. The molecular weight excluding hydrogens is 435 g/mol. The lowest BCUT2D eigenvalue weighted by Crippen LogP contribution is -2.31. The first-order valence-corrected chi connectivity index (χ1v) is 9.99. The summed E-state index contributed by atoms with van der Waals surface area (Å²) in [7, 11) is 0. The van der Waals surface area contributed by atoms with E-state index in [0.717, 1.165) is 23.2 Å². The van der Waals surface area contributed by atoms with E-state index in [1.54, 1.807) is 25.1 Å². The summed E-state index contributed by atoms with van der Waals surface area (Å²) in [5.74, 6) is 0.621. The second-order valence-electron chi connectivity index (χ2n) is 7.65. The Morgan fingerprint density at radius 2 is 1.88 bits per heavy atom. The highest BCUT2D eigenvalue weighted by Crippen LogP contribution is 2.28. The summed E-state index contributed by atoms with van der Waals surface area (Å²) < 4.78 is 43.8. The molecule has 0 saturated heterocycles. The number of anilines is 1. The van der Waals surface area contributed by atoms with Crippen molar-refractivity contribution in [2.24, 2.45) is 0 Å². The molecule has 10 heteroatoms. The lowest BCUT2D eigenvalue weighted by molar-refractivity contribution is -0.137. The van der Waals surface area contributed by atoms with E-state index < -0.39 is 11.7 Å². The van der Waals surface area contributed by atoms with Crippen LogP contribution in [0.25, 0.3) is 10.9 Å². The molecular formula is C23H20F3N5O2. The molecule has 7 nitrogen and oxygen atoms in total. The van der Waals surface area contributed by atoms with Crippen LogP contribution in [0.5, 0.6) is 0 Å². The Bertz CT molecular complexity index is 1320. The van der Waals surface area contributed by atoms with Gasteiger partial charge < -0.3 is 15.1 Å². The number of halogens is 3. The van der Waals surface area contributed by atoms with Crippen LogP contribution >= 0.6 is 0 Å². The number of pyridine rings is 2. The third-order valence-electron chi connectivity index (χ3n) is 5.27. The number of benzene rings is 1. The number of nitrogen functional groups attached to an aromatic ring is 1. The van der Waals surface area contributed by atoms with Crippen molar-refractivity contribution in [2.75, 3.05) is 5.73 Å². The summed E-state index contributed by atoms with van der Waals surface area (Å²) in [6.07, 6.45) is -2.45. The van der Waals surface area contributed by atoms with Crippen LogP contribution in [0, 0.1) is 13.8 Å². The zero-order valence-corrected chi connectivity index (χ0v) is 17.8. The second kappa shape index (κ2) is 8.53.